The van der Waals surface area contributed by atoms with Crippen molar-refractivity contribution in [3.05, 3.63) is 40.8 Å². The molecule has 0 amide bonds. The highest BCUT2D eigenvalue weighted by Gasteiger charge is 2.11. The lowest BCUT2D eigenvalue weighted by atomic mass is 10.2. The Morgan fingerprint density at radius 2 is 1.69 bits per heavy atom. The highest BCUT2D eigenvalue weighted by Crippen LogP contribution is 2.39. The second-order valence-electron chi connectivity index (χ2n) is 2.95. The zero-order chi connectivity index (χ0) is 9.10. The summed E-state index contributed by atoms with van der Waals surface area (Å²) >= 11 is 3.96. The fraction of sp³-hybridized carbons (Fsp3) is 0.273. The monoisotopic (exact) mass is 208 g/mol. The Hall–Kier alpha value is -0.340. The van der Waals surface area contributed by atoms with E-state index in [0.717, 1.165) is 0 Å². The van der Waals surface area contributed by atoms with Crippen LogP contribution in [0.15, 0.2) is 35.2 Å². The minimum atomic E-state index is 1.24. The first-order valence-corrected chi connectivity index (χ1v) is 6.37. The van der Waals surface area contributed by atoms with Gasteiger partial charge in [0.25, 0.3) is 0 Å². The van der Waals surface area contributed by atoms with Crippen LogP contribution in [0.2, 0.25) is 0 Å². The van der Waals surface area contributed by atoms with E-state index >= 15 is 0 Å². The number of benzene rings is 1. The van der Waals surface area contributed by atoms with Crippen LogP contribution in [0.3, 0.4) is 0 Å². The van der Waals surface area contributed by atoms with Crippen LogP contribution < -0.4 is 0 Å². The lowest BCUT2D eigenvalue weighted by Gasteiger charge is -2.16. The van der Waals surface area contributed by atoms with E-state index < -0.39 is 0 Å². The van der Waals surface area contributed by atoms with Gasteiger partial charge in [-0.3, -0.25) is 0 Å². The Kier molecular flexibility index (Phi) is 3.01. The molecule has 68 valence electrons. The van der Waals surface area contributed by atoms with E-state index in [1.165, 1.54) is 26.9 Å². The first-order valence-electron chi connectivity index (χ1n) is 4.40. The molecule has 1 heterocycles. The lowest BCUT2D eigenvalue weighted by Crippen LogP contribution is -1.94. The van der Waals surface area contributed by atoms with Crippen molar-refractivity contribution >= 4 is 28.4 Å². The summed E-state index contributed by atoms with van der Waals surface area (Å²) in [6.45, 7) is 2.22. The van der Waals surface area contributed by atoms with Gasteiger partial charge in [0.2, 0.25) is 0 Å². The van der Waals surface area contributed by atoms with Crippen LogP contribution in [0.1, 0.15) is 12.5 Å². The predicted octanol–water partition coefficient (Wildman–Crippen LogP) is 3.86. The van der Waals surface area contributed by atoms with Gasteiger partial charge in [-0.15, -0.1) is 23.5 Å². The fourth-order valence-electron chi connectivity index (χ4n) is 1.38. The van der Waals surface area contributed by atoms with E-state index in [1.54, 1.807) is 0 Å². The van der Waals surface area contributed by atoms with Gasteiger partial charge in [-0.05, 0) is 17.4 Å². The summed E-state index contributed by atoms with van der Waals surface area (Å²) in [5.74, 6) is 2.50. The summed E-state index contributed by atoms with van der Waals surface area (Å²) in [7, 11) is 0. The molecule has 1 aliphatic rings. The first kappa shape index (κ1) is 9.22. The van der Waals surface area contributed by atoms with E-state index in [0.29, 0.717) is 0 Å². The Morgan fingerprint density at radius 1 is 1.00 bits per heavy atom. The molecular formula is C11H12S2. The van der Waals surface area contributed by atoms with E-state index in [1.807, 2.05) is 23.5 Å². The van der Waals surface area contributed by atoms with E-state index in [9.17, 15) is 0 Å². The van der Waals surface area contributed by atoms with Crippen LogP contribution in [0.5, 0.6) is 0 Å². The third kappa shape index (κ3) is 2.12. The Morgan fingerprint density at radius 3 is 2.38 bits per heavy atom. The van der Waals surface area contributed by atoms with Gasteiger partial charge >= 0.3 is 0 Å². The average Bonchev–Trinajstić information content (AvgIpc) is 2.20. The Labute approximate surface area is 87.8 Å². The minimum absolute atomic E-state index is 1.24. The van der Waals surface area contributed by atoms with Gasteiger partial charge in [-0.1, -0.05) is 30.3 Å². The van der Waals surface area contributed by atoms with Crippen LogP contribution in [0.25, 0.3) is 4.91 Å². The lowest BCUT2D eigenvalue weighted by molar-refractivity contribution is 1.52. The highest BCUT2D eigenvalue weighted by atomic mass is 32.2. The molecule has 0 nitrogen and oxygen atoms in total. The van der Waals surface area contributed by atoms with Crippen LogP contribution in [0, 0.1) is 0 Å². The molecule has 0 bridgehead atoms. The molecule has 2 rings (SSSR count). The molecule has 0 atom stereocenters. The molecule has 1 aliphatic heterocycles. The second kappa shape index (κ2) is 4.25. The van der Waals surface area contributed by atoms with Gasteiger partial charge in [0.05, 0.1) is 0 Å². The topological polar surface area (TPSA) is 0 Å². The van der Waals surface area contributed by atoms with Crippen molar-refractivity contribution in [1.82, 2.24) is 0 Å². The van der Waals surface area contributed by atoms with Crippen molar-refractivity contribution in [2.75, 3.05) is 11.5 Å². The quantitative estimate of drug-likeness (QED) is 0.687. The predicted molar refractivity (Wildman–Crippen MR) is 64.0 cm³/mol. The molecule has 1 aromatic rings. The molecule has 2 heteroatoms. The zero-order valence-electron chi connectivity index (χ0n) is 7.62. The number of allylic oxidation sites excluding steroid dienone is 1. The largest absolute Gasteiger partial charge is 0.129 e. The number of hydrogen-bond donors (Lipinski definition) is 0. The fourth-order valence-corrected chi connectivity index (χ4v) is 3.67. The van der Waals surface area contributed by atoms with Crippen LogP contribution >= 0.6 is 23.5 Å². The molecule has 0 aliphatic carbocycles. The smallest absolute Gasteiger partial charge is 0.0237 e. The van der Waals surface area contributed by atoms with Crippen LogP contribution in [0.4, 0.5) is 0 Å². The first-order chi connectivity index (χ1) is 6.38. The number of thioether (sulfide) groups is 2. The van der Waals surface area contributed by atoms with E-state index in [4.69, 9.17) is 0 Å². The standard InChI is InChI=1S/C11H12S2/c1-9-11(13-8-7-12-9)10-5-3-2-4-6-10/h2-6H,7-8H2,1H3. The molecular weight excluding hydrogens is 196 g/mol. The number of rotatable bonds is 1. The highest BCUT2D eigenvalue weighted by molar-refractivity contribution is 8.13. The van der Waals surface area contributed by atoms with Gasteiger partial charge in [0, 0.05) is 16.4 Å². The van der Waals surface area contributed by atoms with Gasteiger partial charge in [-0.2, -0.15) is 0 Å². The molecule has 1 aromatic carbocycles. The van der Waals surface area contributed by atoms with Crippen molar-refractivity contribution < 1.29 is 0 Å². The van der Waals surface area contributed by atoms with E-state index in [-0.39, 0.29) is 0 Å². The Balaban J connectivity index is 2.35. The number of hydrogen-bond acceptors (Lipinski definition) is 2. The van der Waals surface area contributed by atoms with Gasteiger partial charge in [-0.25, -0.2) is 0 Å². The molecule has 0 unspecified atom stereocenters. The molecule has 0 aromatic heterocycles. The zero-order valence-corrected chi connectivity index (χ0v) is 9.25. The van der Waals surface area contributed by atoms with Crippen LogP contribution in [-0.2, 0) is 0 Å². The summed E-state index contributed by atoms with van der Waals surface area (Å²) in [4.78, 5) is 2.94. The van der Waals surface area contributed by atoms with Gasteiger partial charge in [0.15, 0.2) is 0 Å². The van der Waals surface area contributed by atoms with Crippen molar-refractivity contribution in [1.29, 1.82) is 0 Å². The second-order valence-corrected chi connectivity index (χ2v) is 5.36. The molecule has 0 N–H and O–H groups in total. The maximum atomic E-state index is 2.22. The van der Waals surface area contributed by atoms with Crippen molar-refractivity contribution in [2.45, 2.75) is 6.92 Å². The van der Waals surface area contributed by atoms with E-state index in [2.05, 4.69) is 37.3 Å². The minimum Gasteiger partial charge on any atom is -0.129 e. The summed E-state index contributed by atoms with van der Waals surface area (Å²) in [5, 5.41) is 0. The third-order valence-electron chi connectivity index (χ3n) is 2.00. The maximum absolute atomic E-state index is 2.22. The molecule has 0 fully saturated rings. The molecule has 0 saturated carbocycles. The molecule has 0 radical (unpaired) electrons. The Bertz CT molecular complexity index is 314. The maximum Gasteiger partial charge on any atom is 0.0237 e. The molecule has 0 spiro atoms. The third-order valence-corrected chi connectivity index (χ3v) is 4.68. The van der Waals surface area contributed by atoms with Gasteiger partial charge in [0.1, 0.15) is 0 Å². The molecule has 13 heavy (non-hydrogen) atoms. The summed E-state index contributed by atoms with van der Waals surface area (Å²) in [6, 6.07) is 10.7. The summed E-state index contributed by atoms with van der Waals surface area (Å²) in [5.41, 5.74) is 1.37. The summed E-state index contributed by atoms with van der Waals surface area (Å²) < 4.78 is 0. The van der Waals surface area contributed by atoms with Crippen LogP contribution in [-0.4, -0.2) is 11.5 Å². The normalized spacial score (nSPS) is 17.6. The van der Waals surface area contributed by atoms with Gasteiger partial charge < -0.3 is 0 Å². The molecule has 0 saturated heterocycles. The van der Waals surface area contributed by atoms with Crippen molar-refractivity contribution in [3.63, 3.8) is 0 Å². The average molecular weight is 208 g/mol. The summed E-state index contributed by atoms with van der Waals surface area (Å²) in [6.07, 6.45) is 0. The SMILES string of the molecule is CC1=C(c2ccccc2)SCCS1. The van der Waals surface area contributed by atoms with Crippen molar-refractivity contribution in [2.24, 2.45) is 0 Å². The van der Waals surface area contributed by atoms with Crippen molar-refractivity contribution in [3.8, 4) is 0 Å².